The van der Waals surface area contributed by atoms with Crippen LogP contribution in [-0.4, -0.2) is 37.5 Å². The molecule has 0 heterocycles. The van der Waals surface area contributed by atoms with Crippen molar-refractivity contribution >= 4 is 11.9 Å². The molecule has 1 atom stereocenters. The molecule has 5 nitrogen and oxygen atoms in total. The molecule has 5 heteroatoms. The molecule has 0 aromatic heterocycles. The summed E-state index contributed by atoms with van der Waals surface area (Å²) in [5.74, 6) is 0.883. The van der Waals surface area contributed by atoms with Crippen LogP contribution in [0.15, 0.2) is 35.3 Å². The number of aliphatic imine (C=N–C) groups is 1. The highest BCUT2D eigenvalue weighted by Crippen LogP contribution is 2.43. The third-order valence-electron chi connectivity index (χ3n) is 5.25. The second-order valence-corrected chi connectivity index (χ2v) is 7.25. The van der Waals surface area contributed by atoms with Crippen LogP contribution >= 0.6 is 0 Å². The second kappa shape index (κ2) is 10.2. The first-order chi connectivity index (χ1) is 12.6. The van der Waals surface area contributed by atoms with Crippen LogP contribution in [0.2, 0.25) is 0 Å². The van der Waals surface area contributed by atoms with Crippen molar-refractivity contribution in [2.75, 3.05) is 19.6 Å². The minimum absolute atomic E-state index is 0.0856. The number of carbonyl (C=O) groups excluding carboxylic acids is 1. The minimum atomic E-state index is 0.0856. The molecule has 1 aromatic rings. The molecular formula is C21H34N4O. The summed E-state index contributed by atoms with van der Waals surface area (Å²) in [5, 5.41) is 9.57. The standard InChI is InChI=1S/C21H34N4O/c1-4-17(3)25-19(26)12-15-23-20(22-5-2)24-16-21(13-9-14-21)18-10-7-6-8-11-18/h6-8,10-11,17H,4-5,9,12-16H2,1-3H3,(H,25,26)(H2,22,23,24). The SMILES string of the molecule is CCNC(=NCC1(c2ccccc2)CCC1)NCCC(=O)NC(C)CC. The molecular weight excluding hydrogens is 324 g/mol. The van der Waals surface area contributed by atoms with Crippen LogP contribution in [0.5, 0.6) is 0 Å². The van der Waals surface area contributed by atoms with Gasteiger partial charge in [-0.1, -0.05) is 43.7 Å². The Labute approximate surface area is 158 Å². The fourth-order valence-corrected chi connectivity index (χ4v) is 3.25. The van der Waals surface area contributed by atoms with Crippen LogP contribution in [0.25, 0.3) is 0 Å². The Kier molecular flexibility index (Phi) is 7.95. The summed E-state index contributed by atoms with van der Waals surface area (Å²) in [5.41, 5.74) is 1.57. The maximum Gasteiger partial charge on any atom is 0.221 e. The van der Waals surface area contributed by atoms with Crippen LogP contribution < -0.4 is 16.0 Å². The summed E-state index contributed by atoms with van der Waals surface area (Å²) in [6.45, 7) is 8.34. The number of benzene rings is 1. The van der Waals surface area contributed by atoms with Gasteiger partial charge < -0.3 is 16.0 Å². The lowest BCUT2D eigenvalue weighted by Crippen LogP contribution is -2.43. The van der Waals surface area contributed by atoms with E-state index >= 15 is 0 Å². The van der Waals surface area contributed by atoms with Gasteiger partial charge in [0.2, 0.25) is 5.91 Å². The Hall–Kier alpha value is -2.04. The third kappa shape index (κ3) is 5.75. The topological polar surface area (TPSA) is 65.5 Å². The van der Waals surface area contributed by atoms with Gasteiger partial charge in [0.05, 0.1) is 6.54 Å². The highest BCUT2D eigenvalue weighted by atomic mass is 16.1. The van der Waals surface area contributed by atoms with Gasteiger partial charge in [-0.2, -0.15) is 0 Å². The van der Waals surface area contributed by atoms with E-state index in [1.165, 1.54) is 24.8 Å². The van der Waals surface area contributed by atoms with Gasteiger partial charge in [-0.25, -0.2) is 0 Å². The molecule has 0 aliphatic heterocycles. The second-order valence-electron chi connectivity index (χ2n) is 7.25. The van der Waals surface area contributed by atoms with Gasteiger partial charge >= 0.3 is 0 Å². The maximum atomic E-state index is 11.9. The summed E-state index contributed by atoms with van der Waals surface area (Å²) in [6.07, 6.45) is 5.06. The number of hydrogen-bond acceptors (Lipinski definition) is 2. The van der Waals surface area contributed by atoms with E-state index in [0.29, 0.717) is 13.0 Å². The van der Waals surface area contributed by atoms with Gasteiger partial charge in [-0.05, 0) is 38.7 Å². The highest BCUT2D eigenvalue weighted by molar-refractivity contribution is 5.81. The predicted octanol–water partition coefficient (Wildman–Crippen LogP) is 2.97. The van der Waals surface area contributed by atoms with Crippen molar-refractivity contribution in [3.05, 3.63) is 35.9 Å². The van der Waals surface area contributed by atoms with Gasteiger partial charge in [0.25, 0.3) is 0 Å². The molecule has 1 aliphatic carbocycles. The van der Waals surface area contributed by atoms with Crippen molar-refractivity contribution in [1.29, 1.82) is 0 Å². The van der Waals surface area contributed by atoms with Crippen molar-refractivity contribution in [3.8, 4) is 0 Å². The van der Waals surface area contributed by atoms with E-state index < -0.39 is 0 Å². The number of hydrogen-bond donors (Lipinski definition) is 3. The van der Waals surface area contributed by atoms with E-state index in [-0.39, 0.29) is 17.4 Å². The fourth-order valence-electron chi connectivity index (χ4n) is 3.25. The number of rotatable bonds is 9. The predicted molar refractivity (Wildman–Crippen MR) is 108 cm³/mol. The smallest absolute Gasteiger partial charge is 0.221 e. The molecule has 2 rings (SSSR count). The quantitative estimate of drug-likeness (QED) is 0.470. The van der Waals surface area contributed by atoms with Gasteiger partial charge in [0.1, 0.15) is 0 Å². The number of amides is 1. The molecule has 0 saturated heterocycles. The van der Waals surface area contributed by atoms with E-state index in [4.69, 9.17) is 4.99 Å². The molecule has 1 fully saturated rings. The lowest BCUT2D eigenvalue weighted by molar-refractivity contribution is -0.121. The van der Waals surface area contributed by atoms with Crippen molar-refractivity contribution in [2.45, 2.75) is 64.3 Å². The molecule has 1 saturated carbocycles. The number of guanidine groups is 1. The van der Waals surface area contributed by atoms with Crippen LogP contribution in [0.1, 0.15) is 58.4 Å². The molecule has 144 valence electrons. The molecule has 0 radical (unpaired) electrons. The van der Waals surface area contributed by atoms with E-state index in [1.54, 1.807) is 0 Å². The maximum absolute atomic E-state index is 11.9. The molecule has 1 aliphatic rings. The van der Waals surface area contributed by atoms with Gasteiger partial charge in [-0.15, -0.1) is 0 Å². The summed E-state index contributed by atoms with van der Waals surface area (Å²) in [4.78, 5) is 16.7. The Morgan fingerprint density at radius 2 is 1.92 bits per heavy atom. The van der Waals surface area contributed by atoms with Crippen molar-refractivity contribution in [1.82, 2.24) is 16.0 Å². The van der Waals surface area contributed by atoms with Gasteiger partial charge in [0.15, 0.2) is 5.96 Å². The Bertz CT molecular complexity index is 581. The van der Waals surface area contributed by atoms with E-state index in [0.717, 1.165) is 25.5 Å². The molecule has 3 N–H and O–H groups in total. The van der Waals surface area contributed by atoms with E-state index in [1.807, 2.05) is 6.92 Å². The van der Waals surface area contributed by atoms with Crippen LogP contribution in [0, 0.1) is 0 Å². The zero-order chi connectivity index (χ0) is 18.8. The first kappa shape index (κ1) is 20.3. The summed E-state index contributed by atoms with van der Waals surface area (Å²) < 4.78 is 0. The molecule has 1 unspecified atom stereocenters. The van der Waals surface area contributed by atoms with Gasteiger partial charge in [-0.3, -0.25) is 9.79 Å². The summed E-state index contributed by atoms with van der Waals surface area (Å²) in [7, 11) is 0. The summed E-state index contributed by atoms with van der Waals surface area (Å²) in [6, 6.07) is 10.9. The van der Waals surface area contributed by atoms with Crippen LogP contribution in [-0.2, 0) is 10.2 Å². The Morgan fingerprint density at radius 3 is 2.50 bits per heavy atom. The van der Waals surface area contributed by atoms with Crippen LogP contribution in [0.4, 0.5) is 0 Å². The van der Waals surface area contributed by atoms with Crippen molar-refractivity contribution in [3.63, 3.8) is 0 Å². The number of carbonyl (C=O) groups is 1. The zero-order valence-corrected chi connectivity index (χ0v) is 16.5. The average Bonchev–Trinajstić information content (AvgIpc) is 2.61. The third-order valence-corrected chi connectivity index (χ3v) is 5.25. The first-order valence-corrected chi connectivity index (χ1v) is 9.96. The molecule has 1 amide bonds. The van der Waals surface area contributed by atoms with Crippen LogP contribution in [0.3, 0.4) is 0 Å². The van der Waals surface area contributed by atoms with Crippen molar-refractivity contribution < 1.29 is 4.79 Å². The zero-order valence-electron chi connectivity index (χ0n) is 16.5. The average molecular weight is 359 g/mol. The highest BCUT2D eigenvalue weighted by Gasteiger charge is 2.38. The molecule has 1 aromatic carbocycles. The summed E-state index contributed by atoms with van der Waals surface area (Å²) >= 11 is 0. The first-order valence-electron chi connectivity index (χ1n) is 9.96. The van der Waals surface area contributed by atoms with E-state index in [9.17, 15) is 4.79 Å². The molecule has 0 bridgehead atoms. The van der Waals surface area contributed by atoms with Crippen molar-refractivity contribution in [2.24, 2.45) is 4.99 Å². The molecule has 0 spiro atoms. The Balaban J connectivity index is 1.89. The van der Waals surface area contributed by atoms with Gasteiger partial charge in [0, 0.05) is 31.0 Å². The normalized spacial score (nSPS) is 17.1. The number of nitrogens with zero attached hydrogens (tertiary/aromatic N) is 1. The lowest BCUT2D eigenvalue weighted by Gasteiger charge is -2.41. The largest absolute Gasteiger partial charge is 0.357 e. The fraction of sp³-hybridized carbons (Fsp3) is 0.619. The minimum Gasteiger partial charge on any atom is -0.357 e. The Morgan fingerprint density at radius 1 is 1.19 bits per heavy atom. The van der Waals surface area contributed by atoms with E-state index in [2.05, 4.69) is 60.1 Å². The number of nitrogens with one attached hydrogen (secondary N) is 3. The lowest BCUT2D eigenvalue weighted by atomic mass is 9.64. The molecule has 26 heavy (non-hydrogen) atoms. The monoisotopic (exact) mass is 358 g/mol.